The third-order valence-electron chi connectivity index (χ3n) is 2.22. The number of rotatable bonds is 4. The summed E-state index contributed by atoms with van der Waals surface area (Å²) in [6.07, 6.45) is 1.36. The first-order valence-corrected chi connectivity index (χ1v) is 8.11. The molecular formula is C10H9BrN2O4S2. The number of thiophene rings is 1. The van der Waals surface area contributed by atoms with E-state index < -0.39 is 15.9 Å². The maximum absolute atomic E-state index is 11.8. The molecule has 6 nitrogen and oxygen atoms in total. The van der Waals surface area contributed by atoms with Crippen LogP contribution in [0.2, 0.25) is 0 Å². The Hall–Kier alpha value is -1.16. The number of carbonyl (C=O) groups is 1. The molecule has 0 atom stereocenters. The van der Waals surface area contributed by atoms with Gasteiger partial charge in [-0.3, -0.25) is 10.2 Å². The molecule has 0 fully saturated rings. The molecule has 0 aliphatic heterocycles. The maximum Gasteiger partial charge on any atom is 0.269 e. The number of furan rings is 1. The van der Waals surface area contributed by atoms with Crippen molar-refractivity contribution >= 4 is 43.2 Å². The van der Waals surface area contributed by atoms with Crippen LogP contribution in [0.1, 0.15) is 16.1 Å². The van der Waals surface area contributed by atoms with Crippen molar-refractivity contribution in [3.8, 4) is 0 Å². The summed E-state index contributed by atoms with van der Waals surface area (Å²) in [6.45, 7) is 1.61. The molecule has 0 spiro atoms. The highest BCUT2D eigenvalue weighted by molar-refractivity contribution is 9.11. The van der Waals surface area contributed by atoms with E-state index >= 15 is 0 Å². The van der Waals surface area contributed by atoms with E-state index in [2.05, 4.69) is 21.4 Å². The van der Waals surface area contributed by atoms with Crippen molar-refractivity contribution in [2.45, 2.75) is 11.1 Å². The zero-order chi connectivity index (χ0) is 14.0. The number of halogens is 1. The summed E-state index contributed by atoms with van der Waals surface area (Å²) in [5.41, 5.74) is 2.40. The van der Waals surface area contributed by atoms with Crippen LogP contribution in [-0.2, 0) is 10.0 Å². The standard InChI is InChI=1S/C10H9BrN2O4S2/c1-6-7(4-5-17-6)10(14)12-13-19(15,16)9-3-2-8(11)18-9/h2-5,13H,1H3,(H,12,14). The number of sulfonamides is 1. The number of nitrogens with one attached hydrogen (secondary N) is 2. The van der Waals surface area contributed by atoms with Crippen molar-refractivity contribution in [2.75, 3.05) is 0 Å². The van der Waals surface area contributed by atoms with Crippen LogP contribution in [0, 0.1) is 6.92 Å². The van der Waals surface area contributed by atoms with Gasteiger partial charge in [-0.2, -0.15) is 0 Å². The average Bonchev–Trinajstić information content (AvgIpc) is 2.95. The van der Waals surface area contributed by atoms with Gasteiger partial charge in [0.15, 0.2) is 0 Å². The van der Waals surface area contributed by atoms with E-state index in [-0.39, 0.29) is 9.77 Å². The smallest absolute Gasteiger partial charge is 0.269 e. The number of amides is 1. The molecule has 19 heavy (non-hydrogen) atoms. The number of hydrogen-bond acceptors (Lipinski definition) is 5. The Morgan fingerprint density at radius 2 is 2.11 bits per heavy atom. The summed E-state index contributed by atoms with van der Waals surface area (Å²) in [5.74, 6) is -0.166. The van der Waals surface area contributed by atoms with Gasteiger partial charge in [-0.05, 0) is 41.1 Å². The van der Waals surface area contributed by atoms with Crippen LogP contribution >= 0.6 is 27.3 Å². The minimum absolute atomic E-state index is 0.101. The zero-order valence-corrected chi connectivity index (χ0v) is 12.9. The summed E-state index contributed by atoms with van der Waals surface area (Å²) in [6, 6.07) is 4.51. The summed E-state index contributed by atoms with van der Waals surface area (Å²) in [5, 5.41) is 0. The lowest BCUT2D eigenvalue weighted by molar-refractivity contribution is 0.0943. The van der Waals surface area contributed by atoms with Crippen molar-refractivity contribution in [3.05, 3.63) is 39.6 Å². The Labute approximate surface area is 122 Å². The minimum atomic E-state index is -3.76. The van der Waals surface area contributed by atoms with Crippen molar-refractivity contribution in [1.82, 2.24) is 10.3 Å². The lowest BCUT2D eigenvalue weighted by Crippen LogP contribution is -2.41. The van der Waals surface area contributed by atoms with Gasteiger partial charge >= 0.3 is 0 Å². The van der Waals surface area contributed by atoms with E-state index in [0.717, 1.165) is 11.3 Å². The molecule has 0 radical (unpaired) electrons. The Balaban J connectivity index is 2.07. The number of hydrazine groups is 1. The first kappa shape index (κ1) is 14.3. The van der Waals surface area contributed by atoms with Crippen LogP contribution in [0.15, 0.2) is 36.9 Å². The van der Waals surface area contributed by atoms with Crippen LogP contribution < -0.4 is 10.3 Å². The third kappa shape index (κ3) is 3.24. The van der Waals surface area contributed by atoms with Crippen molar-refractivity contribution < 1.29 is 17.6 Å². The van der Waals surface area contributed by atoms with Gasteiger partial charge in [-0.1, -0.05) is 0 Å². The van der Waals surface area contributed by atoms with E-state index in [4.69, 9.17) is 4.42 Å². The lowest BCUT2D eigenvalue weighted by atomic mass is 10.2. The molecule has 0 unspecified atom stereocenters. The Morgan fingerprint density at radius 1 is 1.37 bits per heavy atom. The summed E-state index contributed by atoms with van der Waals surface area (Å²) in [7, 11) is -3.76. The fourth-order valence-electron chi connectivity index (χ4n) is 1.29. The summed E-state index contributed by atoms with van der Waals surface area (Å²) in [4.78, 5) is 13.7. The van der Waals surface area contributed by atoms with Crippen LogP contribution in [0.5, 0.6) is 0 Å². The molecule has 1 amide bonds. The van der Waals surface area contributed by atoms with Crippen LogP contribution in [-0.4, -0.2) is 14.3 Å². The predicted octanol–water partition coefficient (Wildman–Crippen LogP) is 2.04. The van der Waals surface area contributed by atoms with Crippen LogP contribution in [0.3, 0.4) is 0 Å². The first-order chi connectivity index (χ1) is 8.90. The SMILES string of the molecule is Cc1occc1C(=O)NNS(=O)(=O)c1ccc(Br)s1. The van der Waals surface area contributed by atoms with Gasteiger partial charge in [0.2, 0.25) is 0 Å². The largest absolute Gasteiger partial charge is 0.469 e. The van der Waals surface area contributed by atoms with Crippen molar-refractivity contribution in [1.29, 1.82) is 0 Å². The highest BCUT2D eigenvalue weighted by Crippen LogP contribution is 2.25. The fourth-order valence-corrected chi connectivity index (χ4v) is 4.14. The molecule has 2 aromatic heterocycles. The molecule has 2 N–H and O–H groups in total. The van der Waals surface area contributed by atoms with E-state index in [9.17, 15) is 13.2 Å². The van der Waals surface area contributed by atoms with Crippen molar-refractivity contribution in [2.24, 2.45) is 0 Å². The minimum Gasteiger partial charge on any atom is -0.469 e. The second-order valence-electron chi connectivity index (χ2n) is 3.51. The van der Waals surface area contributed by atoms with Gasteiger partial charge in [-0.15, -0.1) is 16.2 Å². The molecule has 0 bridgehead atoms. The Morgan fingerprint density at radius 3 is 2.63 bits per heavy atom. The molecule has 2 aromatic rings. The highest BCUT2D eigenvalue weighted by atomic mass is 79.9. The molecule has 9 heteroatoms. The highest BCUT2D eigenvalue weighted by Gasteiger charge is 2.19. The van der Waals surface area contributed by atoms with Crippen LogP contribution in [0.25, 0.3) is 0 Å². The fraction of sp³-hybridized carbons (Fsp3) is 0.100. The molecule has 0 aliphatic rings. The van der Waals surface area contributed by atoms with Crippen LogP contribution in [0.4, 0.5) is 0 Å². The second-order valence-corrected chi connectivity index (χ2v) is 7.88. The van der Waals surface area contributed by atoms with Gasteiger partial charge in [0.1, 0.15) is 9.97 Å². The molecule has 0 saturated carbocycles. The molecule has 2 rings (SSSR count). The Kier molecular flexibility index (Phi) is 4.09. The third-order valence-corrected chi connectivity index (χ3v) is 5.58. The van der Waals surface area contributed by atoms with Gasteiger partial charge in [0, 0.05) is 0 Å². The second kappa shape index (κ2) is 5.45. The zero-order valence-electron chi connectivity index (χ0n) is 9.64. The quantitative estimate of drug-likeness (QED) is 0.812. The molecule has 102 valence electrons. The van der Waals surface area contributed by atoms with E-state index in [0.29, 0.717) is 9.55 Å². The lowest BCUT2D eigenvalue weighted by Gasteiger charge is -2.06. The molecule has 0 aromatic carbocycles. The van der Waals surface area contributed by atoms with Gasteiger partial charge in [0.05, 0.1) is 15.6 Å². The predicted molar refractivity (Wildman–Crippen MR) is 73.3 cm³/mol. The normalized spacial score (nSPS) is 11.5. The Bertz CT molecular complexity index is 705. The average molecular weight is 365 g/mol. The molecule has 2 heterocycles. The topological polar surface area (TPSA) is 88.4 Å². The number of hydrogen-bond donors (Lipinski definition) is 2. The van der Waals surface area contributed by atoms with Gasteiger partial charge in [0.25, 0.3) is 15.9 Å². The van der Waals surface area contributed by atoms with E-state index in [1.807, 2.05) is 4.83 Å². The maximum atomic E-state index is 11.8. The number of carbonyl (C=O) groups excluding carboxylic acids is 1. The molecule has 0 aliphatic carbocycles. The molecular weight excluding hydrogens is 356 g/mol. The first-order valence-electron chi connectivity index (χ1n) is 5.02. The van der Waals surface area contributed by atoms with E-state index in [1.54, 1.807) is 13.0 Å². The summed E-state index contributed by atoms with van der Waals surface area (Å²) >= 11 is 4.22. The van der Waals surface area contributed by atoms with Gasteiger partial charge < -0.3 is 4.42 Å². The monoisotopic (exact) mass is 364 g/mol. The van der Waals surface area contributed by atoms with Crippen molar-refractivity contribution in [3.63, 3.8) is 0 Å². The number of aryl methyl sites for hydroxylation is 1. The molecule has 0 saturated heterocycles. The van der Waals surface area contributed by atoms with Gasteiger partial charge in [-0.25, -0.2) is 8.42 Å². The summed E-state index contributed by atoms with van der Waals surface area (Å²) < 4.78 is 29.4. The van der Waals surface area contributed by atoms with E-state index in [1.165, 1.54) is 18.4 Å².